The monoisotopic (exact) mass is 308 g/mol. The first-order valence-corrected chi connectivity index (χ1v) is 8.13. The zero-order valence-electron chi connectivity index (χ0n) is 13.8. The third-order valence-corrected chi connectivity index (χ3v) is 4.28. The Morgan fingerprint density at radius 3 is 2.86 bits per heavy atom. The number of aryl methyl sites for hydroxylation is 1. The van der Waals surface area contributed by atoms with Crippen molar-refractivity contribution < 1.29 is 9.53 Å². The predicted octanol–water partition coefficient (Wildman–Crippen LogP) is 1.17. The van der Waals surface area contributed by atoms with Gasteiger partial charge in [-0.1, -0.05) is 0 Å². The molecule has 0 aromatic carbocycles. The topological polar surface area (TPSA) is 59.4 Å². The minimum absolute atomic E-state index is 0.148. The van der Waals surface area contributed by atoms with Gasteiger partial charge in [0.25, 0.3) is 0 Å². The van der Waals surface area contributed by atoms with Gasteiger partial charge < -0.3 is 10.1 Å². The van der Waals surface area contributed by atoms with E-state index in [1.165, 1.54) is 18.4 Å². The van der Waals surface area contributed by atoms with Crippen LogP contribution in [0.25, 0.3) is 0 Å². The van der Waals surface area contributed by atoms with E-state index in [1.54, 1.807) is 7.11 Å². The van der Waals surface area contributed by atoms with Crippen molar-refractivity contribution in [3.63, 3.8) is 0 Å². The van der Waals surface area contributed by atoms with Crippen LogP contribution in [0.15, 0.2) is 12.4 Å². The van der Waals surface area contributed by atoms with Gasteiger partial charge in [-0.15, -0.1) is 0 Å². The van der Waals surface area contributed by atoms with Crippen molar-refractivity contribution in [3.05, 3.63) is 18.0 Å². The maximum absolute atomic E-state index is 11.7. The van der Waals surface area contributed by atoms with Crippen molar-refractivity contribution in [1.29, 1.82) is 0 Å². The Hall–Kier alpha value is -1.40. The van der Waals surface area contributed by atoms with Crippen molar-refractivity contribution in [2.75, 3.05) is 33.4 Å². The lowest BCUT2D eigenvalue weighted by Crippen LogP contribution is -2.34. The standard InChI is InChI=1S/C16H28N4O2/c1-19-12-15(11-18-19)13-20-8-5-14(6-9-20)3-4-16(21)17-7-10-22-2/h11-12,14H,3-10,13H2,1-2H3,(H,17,21). The first-order chi connectivity index (χ1) is 10.7. The van der Waals surface area contributed by atoms with E-state index in [9.17, 15) is 4.79 Å². The Morgan fingerprint density at radius 2 is 2.23 bits per heavy atom. The van der Waals surface area contributed by atoms with Gasteiger partial charge in [-0.05, 0) is 38.3 Å². The number of ether oxygens (including phenoxy) is 1. The summed E-state index contributed by atoms with van der Waals surface area (Å²) in [6.07, 6.45) is 8.03. The fourth-order valence-electron chi connectivity index (χ4n) is 2.96. The number of carbonyl (C=O) groups excluding carboxylic acids is 1. The second kappa shape index (κ2) is 8.90. The number of hydrogen-bond donors (Lipinski definition) is 1. The van der Waals surface area contributed by atoms with Crippen LogP contribution >= 0.6 is 0 Å². The van der Waals surface area contributed by atoms with E-state index in [-0.39, 0.29) is 5.91 Å². The molecule has 1 aliphatic rings. The van der Waals surface area contributed by atoms with Gasteiger partial charge in [0.15, 0.2) is 0 Å². The molecule has 1 aliphatic heterocycles. The molecule has 1 aromatic rings. The molecule has 0 spiro atoms. The quantitative estimate of drug-likeness (QED) is 0.733. The van der Waals surface area contributed by atoms with Crippen molar-refractivity contribution >= 4 is 5.91 Å². The molecule has 6 nitrogen and oxygen atoms in total. The highest BCUT2D eigenvalue weighted by molar-refractivity contribution is 5.75. The van der Waals surface area contributed by atoms with E-state index < -0.39 is 0 Å². The van der Waals surface area contributed by atoms with Crippen LogP contribution in [-0.2, 0) is 23.1 Å². The highest BCUT2D eigenvalue weighted by Gasteiger charge is 2.20. The van der Waals surface area contributed by atoms with Gasteiger partial charge >= 0.3 is 0 Å². The van der Waals surface area contributed by atoms with Gasteiger partial charge in [-0.25, -0.2) is 0 Å². The first kappa shape index (κ1) is 17.0. The molecule has 22 heavy (non-hydrogen) atoms. The normalized spacial score (nSPS) is 16.8. The molecule has 0 radical (unpaired) electrons. The van der Waals surface area contributed by atoms with E-state index in [2.05, 4.69) is 21.5 Å². The summed E-state index contributed by atoms with van der Waals surface area (Å²) in [5, 5.41) is 7.10. The summed E-state index contributed by atoms with van der Waals surface area (Å²) in [5.41, 5.74) is 1.28. The van der Waals surface area contributed by atoms with Crippen molar-refractivity contribution in [2.45, 2.75) is 32.2 Å². The van der Waals surface area contributed by atoms with Crippen molar-refractivity contribution in [3.8, 4) is 0 Å². The van der Waals surface area contributed by atoms with Gasteiger partial charge in [0.1, 0.15) is 0 Å². The molecular formula is C16H28N4O2. The van der Waals surface area contributed by atoms with Gasteiger partial charge in [0.05, 0.1) is 12.8 Å². The van der Waals surface area contributed by atoms with E-state index >= 15 is 0 Å². The number of rotatable bonds is 8. The Labute approximate surface area is 132 Å². The summed E-state index contributed by atoms with van der Waals surface area (Å²) in [5.74, 6) is 0.827. The van der Waals surface area contributed by atoms with Gasteiger partial charge in [-0.2, -0.15) is 5.10 Å². The molecule has 1 saturated heterocycles. The number of carbonyl (C=O) groups is 1. The molecule has 2 rings (SSSR count). The van der Waals surface area contributed by atoms with Crippen LogP contribution in [0.3, 0.4) is 0 Å². The molecule has 0 bridgehead atoms. The van der Waals surface area contributed by atoms with E-state index in [0.29, 0.717) is 25.5 Å². The van der Waals surface area contributed by atoms with Crippen molar-refractivity contribution in [1.82, 2.24) is 20.0 Å². The molecule has 6 heteroatoms. The minimum atomic E-state index is 0.148. The summed E-state index contributed by atoms with van der Waals surface area (Å²) >= 11 is 0. The molecule has 1 aromatic heterocycles. The van der Waals surface area contributed by atoms with Gasteiger partial charge in [-0.3, -0.25) is 14.4 Å². The predicted molar refractivity (Wildman–Crippen MR) is 85.3 cm³/mol. The summed E-state index contributed by atoms with van der Waals surface area (Å²) in [6.45, 7) is 4.41. The fourth-order valence-corrected chi connectivity index (χ4v) is 2.96. The van der Waals surface area contributed by atoms with Gasteiger partial charge in [0.2, 0.25) is 5.91 Å². The lowest BCUT2D eigenvalue weighted by atomic mass is 9.92. The van der Waals surface area contributed by atoms with Crippen molar-refractivity contribution in [2.24, 2.45) is 13.0 Å². The molecule has 0 saturated carbocycles. The molecule has 1 amide bonds. The number of nitrogens with zero attached hydrogens (tertiary/aromatic N) is 3. The van der Waals surface area contributed by atoms with Crippen LogP contribution in [0.4, 0.5) is 0 Å². The van der Waals surface area contributed by atoms with Crippen LogP contribution in [0.2, 0.25) is 0 Å². The zero-order chi connectivity index (χ0) is 15.8. The maximum Gasteiger partial charge on any atom is 0.220 e. The smallest absolute Gasteiger partial charge is 0.220 e. The largest absolute Gasteiger partial charge is 0.383 e. The number of piperidine rings is 1. The Kier molecular flexibility index (Phi) is 6.86. The number of amides is 1. The molecule has 0 atom stereocenters. The summed E-state index contributed by atoms with van der Waals surface area (Å²) in [7, 11) is 3.60. The van der Waals surface area contributed by atoms with E-state index in [0.717, 1.165) is 26.1 Å². The maximum atomic E-state index is 11.7. The molecule has 124 valence electrons. The Morgan fingerprint density at radius 1 is 1.45 bits per heavy atom. The molecular weight excluding hydrogens is 280 g/mol. The summed E-state index contributed by atoms with van der Waals surface area (Å²) < 4.78 is 6.77. The van der Waals surface area contributed by atoms with Crippen LogP contribution in [0, 0.1) is 5.92 Å². The van der Waals surface area contributed by atoms with Gasteiger partial charge in [0, 0.05) is 45.4 Å². The average Bonchev–Trinajstić information content (AvgIpc) is 2.92. The van der Waals surface area contributed by atoms with E-state index in [4.69, 9.17) is 4.74 Å². The summed E-state index contributed by atoms with van der Waals surface area (Å²) in [4.78, 5) is 14.2. The molecule has 1 N–H and O–H groups in total. The fraction of sp³-hybridized carbons (Fsp3) is 0.750. The number of aromatic nitrogens is 2. The first-order valence-electron chi connectivity index (χ1n) is 8.13. The Balaban J connectivity index is 1.59. The molecule has 0 aliphatic carbocycles. The highest BCUT2D eigenvalue weighted by Crippen LogP contribution is 2.22. The third kappa shape index (κ3) is 5.77. The lowest BCUT2D eigenvalue weighted by molar-refractivity contribution is -0.121. The Bertz CT molecular complexity index is 453. The number of hydrogen-bond acceptors (Lipinski definition) is 4. The molecule has 2 heterocycles. The van der Waals surface area contributed by atoms with Crippen LogP contribution in [0.1, 0.15) is 31.2 Å². The SMILES string of the molecule is COCCNC(=O)CCC1CCN(Cc2cnn(C)c2)CC1. The second-order valence-electron chi connectivity index (χ2n) is 6.12. The third-order valence-electron chi connectivity index (χ3n) is 4.28. The van der Waals surface area contributed by atoms with Crippen LogP contribution in [0.5, 0.6) is 0 Å². The average molecular weight is 308 g/mol. The molecule has 0 unspecified atom stereocenters. The highest BCUT2D eigenvalue weighted by atomic mass is 16.5. The van der Waals surface area contributed by atoms with E-state index in [1.807, 2.05) is 17.9 Å². The number of likely N-dealkylation sites (tertiary alicyclic amines) is 1. The number of nitrogens with one attached hydrogen (secondary N) is 1. The molecule has 1 fully saturated rings. The number of methoxy groups -OCH3 is 1. The lowest BCUT2D eigenvalue weighted by Gasteiger charge is -2.31. The zero-order valence-corrected chi connectivity index (χ0v) is 13.8. The second-order valence-corrected chi connectivity index (χ2v) is 6.12. The minimum Gasteiger partial charge on any atom is -0.383 e. The van der Waals surface area contributed by atoms with Crippen LogP contribution in [-0.4, -0.2) is 53.9 Å². The summed E-state index contributed by atoms with van der Waals surface area (Å²) in [6, 6.07) is 0. The van der Waals surface area contributed by atoms with Crippen LogP contribution < -0.4 is 5.32 Å².